The average molecular weight is 397 g/mol. The maximum absolute atomic E-state index is 13.1. The lowest BCUT2D eigenvalue weighted by atomic mass is 10.1. The van der Waals surface area contributed by atoms with Crippen LogP contribution in [0.25, 0.3) is 5.69 Å². The normalized spacial score (nSPS) is 10.4. The Hall–Kier alpha value is -3.68. The third-order valence-corrected chi connectivity index (χ3v) is 4.25. The van der Waals surface area contributed by atoms with Crippen LogP contribution in [0.3, 0.4) is 0 Å². The molecule has 0 atom stereocenters. The summed E-state index contributed by atoms with van der Waals surface area (Å²) in [4.78, 5) is 24.5. The Kier molecular flexibility index (Phi) is 6.23. The molecule has 0 fully saturated rings. The predicted octanol–water partition coefficient (Wildman–Crippen LogP) is 2.36. The zero-order valence-corrected chi connectivity index (χ0v) is 16.0. The van der Waals surface area contributed by atoms with E-state index in [-0.39, 0.29) is 5.69 Å². The number of halogens is 1. The van der Waals surface area contributed by atoms with Crippen molar-refractivity contribution in [1.29, 1.82) is 0 Å². The number of nitrogens with one attached hydrogen (secondary N) is 1. The molecule has 0 aliphatic rings. The molecule has 3 aromatic rings. The van der Waals surface area contributed by atoms with Crippen LogP contribution in [-0.4, -0.2) is 36.5 Å². The fourth-order valence-corrected chi connectivity index (χ4v) is 2.75. The molecule has 0 radical (unpaired) electrons. The van der Waals surface area contributed by atoms with Gasteiger partial charge in [0.25, 0.3) is 11.5 Å². The quantitative estimate of drug-likeness (QED) is 0.662. The molecule has 29 heavy (non-hydrogen) atoms. The molecular weight excluding hydrogens is 377 g/mol. The molecule has 0 aliphatic heterocycles. The van der Waals surface area contributed by atoms with Crippen molar-refractivity contribution < 1.29 is 18.7 Å². The van der Waals surface area contributed by atoms with E-state index in [2.05, 4.69) is 10.4 Å². The van der Waals surface area contributed by atoms with Crippen molar-refractivity contribution in [3.63, 3.8) is 0 Å². The molecular formula is C21H20FN3O4. The minimum atomic E-state index is -0.425. The number of hydrogen-bond acceptors (Lipinski definition) is 5. The van der Waals surface area contributed by atoms with Gasteiger partial charge in [0, 0.05) is 12.6 Å². The summed E-state index contributed by atoms with van der Waals surface area (Å²) in [5.41, 5.74) is 1.00. The molecule has 0 spiro atoms. The molecule has 7 nitrogen and oxygen atoms in total. The first-order valence-corrected chi connectivity index (χ1v) is 8.87. The van der Waals surface area contributed by atoms with Crippen LogP contribution in [0.15, 0.2) is 59.4 Å². The number of carbonyl (C=O) groups is 1. The van der Waals surface area contributed by atoms with E-state index >= 15 is 0 Å². The molecule has 0 bridgehead atoms. The van der Waals surface area contributed by atoms with Gasteiger partial charge in [-0.25, -0.2) is 4.39 Å². The van der Waals surface area contributed by atoms with E-state index in [1.54, 1.807) is 20.3 Å². The highest BCUT2D eigenvalue weighted by Crippen LogP contribution is 2.27. The summed E-state index contributed by atoms with van der Waals surface area (Å²) in [7, 11) is 3.13. The molecule has 8 heteroatoms. The standard InChI is InChI=1S/C21H20FN3O4/c1-28-18-9-3-14(13-19(18)29-2)11-12-23-21(27)17-8-10-20(26)25(24-17)16-6-4-15(22)5-7-16/h3-10,13H,11-12H2,1-2H3,(H,23,27). The van der Waals surface area contributed by atoms with Gasteiger partial charge in [0.15, 0.2) is 11.5 Å². The molecule has 0 unspecified atom stereocenters. The topological polar surface area (TPSA) is 82.5 Å². The van der Waals surface area contributed by atoms with Crippen LogP contribution in [0.4, 0.5) is 4.39 Å². The number of hydrogen-bond donors (Lipinski definition) is 1. The zero-order chi connectivity index (χ0) is 20.8. The lowest BCUT2D eigenvalue weighted by molar-refractivity contribution is 0.0947. The lowest BCUT2D eigenvalue weighted by Crippen LogP contribution is -2.30. The third-order valence-electron chi connectivity index (χ3n) is 4.25. The first-order valence-electron chi connectivity index (χ1n) is 8.87. The van der Waals surface area contributed by atoms with Gasteiger partial charge < -0.3 is 14.8 Å². The van der Waals surface area contributed by atoms with Crippen molar-refractivity contribution in [3.05, 3.63) is 82.0 Å². The van der Waals surface area contributed by atoms with Crippen molar-refractivity contribution in [2.45, 2.75) is 6.42 Å². The summed E-state index contributed by atoms with van der Waals surface area (Å²) in [5, 5.41) is 6.85. The van der Waals surface area contributed by atoms with E-state index in [1.807, 2.05) is 12.1 Å². The van der Waals surface area contributed by atoms with E-state index in [0.29, 0.717) is 30.2 Å². The Morgan fingerprint density at radius 2 is 1.76 bits per heavy atom. The summed E-state index contributed by atoms with van der Waals surface area (Å²) in [5.74, 6) is 0.407. The van der Waals surface area contributed by atoms with Crippen molar-refractivity contribution >= 4 is 5.91 Å². The monoisotopic (exact) mass is 397 g/mol. The number of nitrogens with zero attached hydrogens (tertiary/aromatic N) is 2. The first kappa shape index (κ1) is 20.1. The van der Waals surface area contributed by atoms with Crippen LogP contribution >= 0.6 is 0 Å². The molecule has 150 valence electrons. The van der Waals surface area contributed by atoms with E-state index in [9.17, 15) is 14.0 Å². The Morgan fingerprint density at radius 1 is 1.03 bits per heavy atom. The second-order valence-electron chi connectivity index (χ2n) is 6.14. The highest BCUT2D eigenvalue weighted by atomic mass is 19.1. The van der Waals surface area contributed by atoms with Gasteiger partial charge in [0.1, 0.15) is 11.5 Å². The predicted molar refractivity (Wildman–Crippen MR) is 105 cm³/mol. The number of amides is 1. The van der Waals surface area contributed by atoms with Crippen LogP contribution in [0.5, 0.6) is 11.5 Å². The van der Waals surface area contributed by atoms with Crippen LogP contribution in [0.2, 0.25) is 0 Å². The summed E-state index contributed by atoms with van der Waals surface area (Å²) in [6, 6.07) is 13.4. The Morgan fingerprint density at radius 3 is 2.45 bits per heavy atom. The number of carbonyl (C=O) groups excluding carboxylic acids is 1. The zero-order valence-electron chi connectivity index (χ0n) is 16.0. The third kappa shape index (κ3) is 4.78. The molecule has 1 amide bonds. The molecule has 1 heterocycles. The number of benzene rings is 2. The Balaban J connectivity index is 1.68. The number of methoxy groups -OCH3 is 2. The fraction of sp³-hybridized carbons (Fsp3) is 0.190. The molecule has 3 rings (SSSR count). The van der Waals surface area contributed by atoms with Crippen molar-refractivity contribution in [2.24, 2.45) is 0 Å². The maximum Gasteiger partial charge on any atom is 0.271 e. The largest absolute Gasteiger partial charge is 0.493 e. The van der Waals surface area contributed by atoms with Crippen LogP contribution in [0, 0.1) is 5.82 Å². The van der Waals surface area contributed by atoms with Crippen LogP contribution < -0.4 is 20.3 Å². The first-order chi connectivity index (χ1) is 14.0. The summed E-state index contributed by atoms with van der Waals surface area (Å²) < 4.78 is 24.6. The van der Waals surface area contributed by atoms with Gasteiger partial charge in [-0.15, -0.1) is 0 Å². The fourth-order valence-electron chi connectivity index (χ4n) is 2.75. The minimum Gasteiger partial charge on any atom is -0.493 e. The van der Waals surface area contributed by atoms with Gasteiger partial charge in [0.2, 0.25) is 0 Å². The van der Waals surface area contributed by atoms with Gasteiger partial charge in [0.05, 0.1) is 19.9 Å². The molecule has 0 aliphatic carbocycles. The van der Waals surface area contributed by atoms with E-state index in [4.69, 9.17) is 9.47 Å². The highest BCUT2D eigenvalue weighted by Gasteiger charge is 2.11. The number of aromatic nitrogens is 2. The van der Waals surface area contributed by atoms with Crippen molar-refractivity contribution in [2.75, 3.05) is 20.8 Å². The smallest absolute Gasteiger partial charge is 0.271 e. The van der Waals surface area contributed by atoms with E-state index in [1.165, 1.54) is 36.4 Å². The number of rotatable bonds is 7. The number of ether oxygens (including phenoxy) is 2. The Bertz CT molecular complexity index is 1060. The highest BCUT2D eigenvalue weighted by molar-refractivity contribution is 5.92. The summed E-state index contributed by atoms with van der Waals surface area (Å²) in [6.07, 6.45) is 0.573. The average Bonchev–Trinajstić information content (AvgIpc) is 2.74. The van der Waals surface area contributed by atoms with Crippen LogP contribution in [-0.2, 0) is 6.42 Å². The van der Waals surface area contributed by atoms with E-state index < -0.39 is 17.3 Å². The van der Waals surface area contributed by atoms with Crippen molar-refractivity contribution in [3.8, 4) is 17.2 Å². The second-order valence-corrected chi connectivity index (χ2v) is 6.14. The molecule has 0 saturated heterocycles. The van der Waals surface area contributed by atoms with Crippen molar-refractivity contribution in [1.82, 2.24) is 15.1 Å². The second kappa shape index (κ2) is 9.01. The summed E-state index contributed by atoms with van der Waals surface area (Å²) >= 11 is 0. The molecule has 1 N–H and O–H groups in total. The maximum atomic E-state index is 13.1. The lowest BCUT2D eigenvalue weighted by Gasteiger charge is -2.10. The Labute approximate surface area is 166 Å². The van der Waals surface area contributed by atoms with Crippen LogP contribution in [0.1, 0.15) is 16.1 Å². The summed E-state index contributed by atoms with van der Waals surface area (Å²) in [6.45, 7) is 0.367. The van der Waals surface area contributed by atoms with Gasteiger partial charge in [-0.3, -0.25) is 9.59 Å². The molecule has 1 aromatic heterocycles. The van der Waals surface area contributed by atoms with Gasteiger partial charge in [-0.2, -0.15) is 9.78 Å². The van der Waals surface area contributed by atoms with Gasteiger partial charge >= 0.3 is 0 Å². The molecule has 2 aromatic carbocycles. The minimum absolute atomic E-state index is 0.0845. The van der Waals surface area contributed by atoms with E-state index in [0.717, 1.165) is 10.2 Å². The molecule has 0 saturated carbocycles. The van der Waals surface area contributed by atoms with Gasteiger partial charge in [-0.05, 0) is 54.4 Å². The van der Waals surface area contributed by atoms with Gasteiger partial charge in [-0.1, -0.05) is 6.07 Å². The SMILES string of the molecule is COc1ccc(CCNC(=O)c2ccc(=O)n(-c3ccc(F)cc3)n2)cc1OC.